The van der Waals surface area contributed by atoms with E-state index < -0.39 is 8.07 Å². The van der Waals surface area contributed by atoms with Crippen LogP contribution < -0.4 is 0 Å². The third-order valence-corrected chi connectivity index (χ3v) is 8.97. The van der Waals surface area contributed by atoms with Crippen LogP contribution >= 0.6 is 39.1 Å². The topological polar surface area (TPSA) is 73.4 Å². The highest BCUT2D eigenvalue weighted by atomic mass is 79.9. The molecule has 34 heavy (non-hydrogen) atoms. The van der Waals surface area contributed by atoms with Gasteiger partial charge in [0.1, 0.15) is 24.4 Å². The Morgan fingerprint density at radius 3 is 2.68 bits per heavy atom. The molecule has 3 aromatic rings. The number of ether oxygens (including phenoxy) is 1. The number of carbonyl (C=O) groups is 1. The summed E-state index contributed by atoms with van der Waals surface area (Å²) in [6.45, 7) is 10.6. The molecule has 0 unspecified atom stereocenters. The number of rotatable bonds is 7. The maximum atomic E-state index is 13.4. The van der Waals surface area contributed by atoms with E-state index in [1.165, 1.54) is 6.26 Å². The number of halogens is 3. The molecule has 0 aliphatic carbocycles. The zero-order valence-corrected chi connectivity index (χ0v) is 23.7. The molecule has 1 aliphatic heterocycles. The van der Waals surface area contributed by atoms with Crippen molar-refractivity contribution in [2.75, 3.05) is 13.2 Å². The fourth-order valence-electron chi connectivity index (χ4n) is 4.05. The van der Waals surface area contributed by atoms with E-state index in [1.54, 1.807) is 18.2 Å². The number of hydrogen-bond acceptors (Lipinski definition) is 5. The van der Waals surface area contributed by atoms with Crippen LogP contribution in [0.25, 0.3) is 11.4 Å². The van der Waals surface area contributed by atoms with Gasteiger partial charge in [-0.15, -0.1) is 0 Å². The first-order chi connectivity index (χ1) is 16.1. The Hall–Kier alpha value is -1.65. The van der Waals surface area contributed by atoms with Gasteiger partial charge in [-0.2, -0.15) is 5.10 Å². The SMILES string of the molecule is C[C@@H]1c2c(-c3nocc3Br)nn(COCC[Si](C)(C)C)c2CCN1C(=O)c1ccc(Cl)c(Cl)c1. The molecule has 7 nitrogen and oxygen atoms in total. The lowest BCUT2D eigenvalue weighted by Gasteiger charge is -2.34. The lowest BCUT2D eigenvalue weighted by atomic mass is 9.95. The van der Waals surface area contributed by atoms with Crippen LogP contribution in [0.2, 0.25) is 35.7 Å². The number of nitrogens with zero attached hydrogens (tertiary/aromatic N) is 4. The molecule has 182 valence electrons. The average molecular weight is 586 g/mol. The van der Waals surface area contributed by atoms with Crippen molar-refractivity contribution < 1.29 is 14.1 Å². The third-order valence-electron chi connectivity index (χ3n) is 5.96. The van der Waals surface area contributed by atoms with Crippen molar-refractivity contribution in [1.82, 2.24) is 19.8 Å². The summed E-state index contributed by atoms with van der Waals surface area (Å²) in [5, 5.41) is 9.77. The number of amides is 1. The first kappa shape index (κ1) is 25.4. The summed E-state index contributed by atoms with van der Waals surface area (Å²) in [5.74, 6) is -0.110. The molecular formula is C23H27BrCl2N4O3Si. The molecule has 0 bridgehead atoms. The number of fused-ring (bicyclic) bond motifs is 1. The molecule has 0 radical (unpaired) electrons. The zero-order valence-electron chi connectivity index (χ0n) is 19.6. The van der Waals surface area contributed by atoms with Gasteiger partial charge in [-0.25, -0.2) is 4.68 Å². The number of hydrogen-bond donors (Lipinski definition) is 0. The molecule has 1 atom stereocenters. The summed E-state index contributed by atoms with van der Waals surface area (Å²) in [6, 6.07) is 5.80. The molecule has 1 amide bonds. The minimum absolute atomic E-state index is 0.110. The zero-order chi connectivity index (χ0) is 24.6. The van der Waals surface area contributed by atoms with Crippen molar-refractivity contribution in [2.45, 2.75) is 51.8 Å². The highest BCUT2D eigenvalue weighted by molar-refractivity contribution is 9.10. The highest BCUT2D eigenvalue weighted by Gasteiger charge is 2.35. The average Bonchev–Trinajstić information content (AvgIpc) is 3.36. The van der Waals surface area contributed by atoms with Crippen LogP contribution in [0.15, 0.2) is 33.5 Å². The molecule has 0 saturated carbocycles. The van der Waals surface area contributed by atoms with Gasteiger partial charge in [-0.1, -0.05) is 48.0 Å². The maximum Gasteiger partial charge on any atom is 0.254 e. The van der Waals surface area contributed by atoms with E-state index in [4.69, 9.17) is 37.6 Å². The van der Waals surface area contributed by atoms with Crippen LogP contribution in [-0.2, 0) is 17.9 Å². The van der Waals surface area contributed by atoms with E-state index >= 15 is 0 Å². The van der Waals surface area contributed by atoms with Gasteiger partial charge in [0.2, 0.25) is 0 Å². The Labute approximate surface area is 218 Å². The summed E-state index contributed by atoms with van der Waals surface area (Å²) in [4.78, 5) is 15.2. The molecule has 0 spiro atoms. The van der Waals surface area contributed by atoms with Gasteiger partial charge in [-0.3, -0.25) is 4.79 Å². The normalized spacial score (nSPS) is 16.1. The van der Waals surface area contributed by atoms with E-state index in [-0.39, 0.29) is 11.9 Å². The van der Waals surface area contributed by atoms with Crippen LogP contribution in [0.5, 0.6) is 0 Å². The van der Waals surface area contributed by atoms with E-state index in [1.807, 2.05) is 16.5 Å². The van der Waals surface area contributed by atoms with Crippen LogP contribution in [0.4, 0.5) is 0 Å². The molecule has 0 N–H and O–H groups in total. The van der Waals surface area contributed by atoms with Crippen LogP contribution in [-0.4, -0.2) is 47.0 Å². The largest absolute Gasteiger partial charge is 0.363 e. The molecule has 3 heterocycles. The number of carbonyl (C=O) groups excluding carboxylic acids is 1. The van der Waals surface area contributed by atoms with Crippen molar-refractivity contribution in [3.63, 3.8) is 0 Å². The van der Waals surface area contributed by atoms with Crippen molar-refractivity contribution >= 4 is 53.1 Å². The molecule has 11 heteroatoms. The van der Waals surface area contributed by atoms with Gasteiger partial charge in [0.25, 0.3) is 5.91 Å². The fraction of sp³-hybridized carbons (Fsp3) is 0.435. The molecule has 1 aliphatic rings. The van der Waals surface area contributed by atoms with Gasteiger partial charge < -0.3 is 14.2 Å². The van der Waals surface area contributed by atoms with Gasteiger partial charge in [0.05, 0.1) is 20.6 Å². The molecule has 0 saturated heterocycles. The predicted molar refractivity (Wildman–Crippen MR) is 139 cm³/mol. The van der Waals surface area contributed by atoms with Crippen molar-refractivity contribution in [1.29, 1.82) is 0 Å². The lowest BCUT2D eigenvalue weighted by molar-refractivity contribution is 0.0648. The van der Waals surface area contributed by atoms with E-state index in [0.29, 0.717) is 57.8 Å². The quantitative estimate of drug-likeness (QED) is 0.228. The Balaban J connectivity index is 1.65. The molecule has 0 fully saturated rings. The maximum absolute atomic E-state index is 13.4. The van der Waals surface area contributed by atoms with Gasteiger partial charge in [-0.05, 0) is 47.1 Å². The molecule has 2 aromatic heterocycles. The minimum Gasteiger partial charge on any atom is -0.363 e. The number of aromatic nitrogens is 3. The third kappa shape index (κ3) is 5.28. The first-order valence-corrected chi connectivity index (χ1v) is 16.4. The van der Waals surface area contributed by atoms with E-state index in [9.17, 15) is 4.79 Å². The highest BCUT2D eigenvalue weighted by Crippen LogP contribution is 2.39. The Kier molecular flexibility index (Phi) is 7.59. The van der Waals surface area contributed by atoms with E-state index in [2.05, 4.69) is 40.7 Å². The molecule has 4 rings (SSSR count). The summed E-state index contributed by atoms with van der Waals surface area (Å²) < 4.78 is 13.8. The second kappa shape index (κ2) is 10.1. The van der Waals surface area contributed by atoms with Gasteiger partial charge >= 0.3 is 0 Å². The lowest BCUT2D eigenvalue weighted by Crippen LogP contribution is -2.39. The minimum atomic E-state index is -1.19. The Bertz CT molecular complexity index is 1210. The molecular weight excluding hydrogens is 559 g/mol. The summed E-state index contributed by atoms with van der Waals surface area (Å²) >= 11 is 15.7. The number of benzene rings is 1. The Morgan fingerprint density at radius 2 is 2.03 bits per heavy atom. The van der Waals surface area contributed by atoms with Crippen LogP contribution in [0, 0.1) is 0 Å². The smallest absolute Gasteiger partial charge is 0.254 e. The van der Waals surface area contributed by atoms with Crippen molar-refractivity contribution in [2.24, 2.45) is 0 Å². The van der Waals surface area contributed by atoms with Crippen LogP contribution in [0.1, 0.15) is 34.6 Å². The second-order valence-corrected chi connectivity index (χ2v) is 16.9. The first-order valence-electron chi connectivity index (χ1n) is 11.1. The monoisotopic (exact) mass is 584 g/mol. The van der Waals surface area contributed by atoms with Gasteiger partial charge in [0.15, 0.2) is 0 Å². The van der Waals surface area contributed by atoms with Crippen molar-refractivity contribution in [3.8, 4) is 11.4 Å². The van der Waals surface area contributed by atoms with Gasteiger partial charge in [0, 0.05) is 44.5 Å². The summed E-state index contributed by atoms with van der Waals surface area (Å²) in [7, 11) is -1.19. The summed E-state index contributed by atoms with van der Waals surface area (Å²) in [6.07, 6.45) is 2.17. The Morgan fingerprint density at radius 1 is 1.26 bits per heavy atom. The predicted octanol–water partition coefficient (Wildman–Crippen LogP) is 6.68. The molecule has 1 aromatic carbocycles. The standard InChI is InChI=1S/C23H27BrCl2N4O3Si/c1-14-20-19(7-8-29(14)23(31)15-5-6-17(25)18(26)11-15)30(13-32-9-10-34(2,3)4)27-22(20)21-16(24)12-33-28-21/h5-6,11-12,14H,7-10,13H2,1-4H3/t14-/m1/s1. The second-order valence-electron chi connectivity index (χ2n) is 9.62. The van der Waals surface area contributed by atoms with E-state index in [0.717, 1.165) is 17.3 Å². The van der Waals surface area contributed by atoms with Crippen LogP contribution in [0.3, 0.4) is 0 Å². The summed E-state index contributed by atoms with van der Waals surface area (Å²) in [5.41, 5.74) is 3.78. The van der Waals surface area contributed by atoms with Crippen molar-refractivity contribution in [3.05, 3.63) is 55.8 Å². The fourth-order valence-corrected chi connectivity index (χ4v) is 5.45.